The van der Waals surface area contributed by atoms with Gasteiger partial charge in [-0.3, -0.25) is 9.59 Å². The van der Waals surface area contributed by atoms with Crippen molar-refractivity contribution < 1.29 is 14.3 Å². The summed E-state index contributed by atoms with van der Waals surface area (Å²) in [6.45, 7) is 4.99. The minimum absolute atomic E-state index is 0.00111. The highest BCUT2D eigenvalue weighted by Crippen LogP contribution is 2.09. The van der Waals surface area contributed by atoms with Crippen LogP contribution in [0.4, 0.5) is 0 Å². The van der Waals surface area contributed by atoms with E-state index in [0.29, 0.717) is 0 Å². The van der Waals surface area contributed by atoms with Gasteiger partial charge in [-0.2, -0.15) is 0 Å². The van der Waals surface area contributed by atoms with Gasteiger partial charge in [-0.1, -0.05) is 13.8 Å². The van der Waals surface area contributed by atoms with Crippen LogP contribution in [0.2, 0.25) is 0 Å². The number of esters is 1. The average Bonchev–Trinajstić information content (AvgIpc) is 1.97. The molecule has 0 aliphatic carbocycles. The zero-order valence-corrected chi connectivity index (χ0v) is 8.83. The molecule has 0 rings (SSSR count). The molecule has 0 fully saturated rings. The molecule has 0 radical (unpaired) electrons. The first kappa shape index (κ1) is 11.9. The molecule has 0 aromatic heterocycles. The maximum Gasteiger partial charge on any atom is 0.303 e. The molecule has 0 N–H and O–H groups in total. The van der Waals surface area contributed by atoms with Crippen molar-refractivity contribution in [1.82, 2.24) is 4.90 Å². The molecular weight excluding hydrogens is 170 g/mol. The Morgan fingerprint density at radius 1 is 1.23 bits per heavy atom. The third kappa shape index (κ3) is 3.92. The minimum atomic E-state index is -0.660. The molecule has 0 heterocycles. The van der Waals surface area contributed by atoms with Gasteiger partial charge in [0.05, 0.1) is 0 Å². The second-order valence-electron chi connectivity index (χ2n) is 3.51. The summed E-state index contributed by atoms with van der Waals surface area (Å²) >= 11 is 0. The summed E-state index contributed by atoms with van der Waals surface area (Å²) < 4.78 is 4.90. The summed E-state index contributed by atoms with van der Waals surface area (Å²) in [4.78, 5) is 23.6. The minimum Gasteiger partial charge on any atom is -0.452 e. The molecule has 13 heavy (non-hydrogen) atoms. The molecular formula is C9H17NO3. The molecule has 0 bridgehead atoms. The first-order chi connectivity index (χ1) is 5.86. The van der Waals surface area contributed by atoms with Crippen molar-refractivity contribution in [2.45, 2.75) is 26.9 Å². The number of likely N-dealkylation sites (N-methyl/N-ethyl adjacent to an activating group) is 1. The van der Waals surface area contributed by atoms with Crippen molar-refractivity contribution in [2.24, 2.45) is 5.92 Å². The van der Waals surface area contributed by atoms with Gasteiger partial charge in [-0.15, -0.1) is 0 Å². The zero-order valence-electron chi connectivity index (χ0n) is 8.83. The van der Waals surface area contributed by atoms with E-state index in [0.717, 1.165) is 0 Å². The van der Waals surface area contributed by atoms with E-state index in [1.807, 2.05) is 13.8 Å². The lowest BCUT2D eigenvalue weighted by molar-refractivity contribution is -0.160. The van der Waals surface area contributed by atoms with Gasteiger partial charge in [0, 0.05) is 21.0 Å². The summed E-state index contributed by atoms with van der Waals surface area (Å²) in [5.41, 5.74) is 0. The van der Waals surface area contributed by atoms with Crippen molar-refractivity contribution in [3.8, 4) is 0 Å². The fraction of sp³-hybridized carbons (Fsp3) is 0.778. The van der Waals surface area contributed by atoms with Gasteiger partial charge in [-0.25, -0.2) is 0 Å². The standard InChI is InChI=1S/C9H17NO3/c1-6(2)8(13-7(3)11)9(12)10(4)5/h6,8H,1-5H3/t8-/m1/s1. The number of hydrogen-bond acceptors (Lipinski definition) is 3. The smallest absolute Gasteiger partial charge is 0.303 e. The van der Waals surface area contributed by atoms with Crippen molar-refractivity contribution in [1.29, 1.82) is 0 Å². The van der Waals surface area contributed by atoms with Gasteiger partial charge in [0.25, 0.3) is 5.91 Å². The quantitative estimate of drug-likeness (QED) is 0.610. The van der Waals surface area contributed by atoms with Crippen LogP contribution in [0.25, 0.3) is 0 Å². The lowest BCUT2D eigenvalue weighted by Crippen LogP contribution is -2.39. The van der Waals surface area contributed by atoms with E-state index in [-0.39, 0.29) is 11.8 Å². The van der Waals surface area contributed by atoms with Crippen LogP contribution in [-0.4, -0.2) is 37.0 Å². The largest absolute Gasteiger partial charge is 0.452 e. The fourth-order valence-electron chi connectivity index (χ4n) is 0.905. The third-order valence-electron chi connectivity index (χ3n) is 1.58. The summed E-state index contributed by atoms with van der Waals surface area (Å²) in [5.74, 6) is -0.599. The van der Waals surface area contributed by atoms with E-state index in [1.165, 1.54) is 11.8 Å². The van der Waals surface area contributed by atoms with E-state index in [2.05, 4.69) is 0 Å². The molecule has 1 amide bonds. The van der Waals surface area contributed by atoms with E-state index < -0.39 is 12.1 Å². The normalized spacial score (nSPS) is 12.5. The Morgan fingerprint density at radius 2 is 1.69 bits per heavy atom. The number of rotatable bonds is 3. The maximum atomic E-state index is 11.5. The molecule has 1 atom stereocenters. The predicted molar refractivity (Wildman–Crippen MR) is 49.1 cm³/mol. The Kier molecular flexibility index (Phi) is 4.45. The molecule has 0 aliphatic rings. The van der Waals surface area contributed by atoms with Crippen molar-refractivity contribution in [2.75, 3.05) is 14.1 Å². The van der Waals surface area contributed by atoms with E-state index in [9.17, 15) is 9.59 Å². The van der Waals surface area contributed by atoms with Crippen LogP contribution in [0.5, 0.6) is 0 Å². The van der Waals surface area contributed by atoms with Gasteiger partial charge >= 0.3 is 5.97 Å². The highest BCUT2D eigenvalue weighted by atomic mass is 16.5. The number of amides is 1. The monoisotopic (exact) mass is 187 g/mol. The highest BCUT2D eigenvalue weighted by Gasteiger charge is 2.26. The molecule has 0 aromatic rings. The molecule has 0 spiro atoms. The molecule has 4 heteroatoms. The highest BCUT2D eigenvalue weighted by molar-refractivity contribution is 5.83. The summed E-state index contributed by atoms with van der Waals surface area (Å²) in [7, 11) is 3.28. The van der Waals surface area contributed by atoms with E-state index in [4.69, 9.17) is 4.74 Å². The molecule has 0 saturated heterocycles. The zero-order chi connectivity index (χ0) is 10.6. The van der Waals surface area contributed by atoms with Crippen LogP contribution < -0.4 is 0 Å². The van der Waals surface area contributed by atoms with Crippen LogP contribution in [0.3, 0.4) is 0 Å². The summed E-state index contributed by atoms with van der Waals surface area (Å²) in [5, 5.41) is 0. The second kappa shape index (κ2) is 4.84. The molecule has 0 aromatic carbocycles. The molecule has 0 unspecified atom stereocenters. The van der Waals surface area contributed by atoms with Gasteiger partial charge < -0.3 is 9.64 Å². The molecule has 76 valence electrons. The predicted octanol–water partition coefficient (Wildman–Crippen LogP) is 0.662. The van der Waals surface area contributed by atoms with Crippen molar-refractivity contribution in [3.05, 3.63) is 0 Å². The maximum absolute atomic E-state index is 11.5. The Labute approximate surface area is 78.9 Å². The number of ether oxygens (including phenoxy) is 1. The van der Waals surface area contributed by atoms with Crippen LogP contribution in [-0.2, 0) is 14.3 Å². The van der Waals surface area contributed by atoms with Gasteiger partial charge in [0.1, 0.15) is 0 Å². The topological polar surface area (TPSA) is 46.6 Å². The van der Waals surface area contributed by atoms with E-state index in [1.54, 1.807) is 14.1 Å². The fourth-order valence-corrected chi connectivity index (χ4v) is 0.905. The number of hydrogen-bond donors (Lipinski definition) is 0. The second-order valence-corrected chi connectivity index (χ2v) is 3.51. The summed E-state index contributed by atoms with van der Waals surface area (Å²) in [6, 6.07) is 0. The van der Waals surface area contributed by atoms with Crippen LogP contribution >= 0.6 is 0 Å². The van der Waals surface area contributed by atoms with E-state index >= 15 is 0 Å². The number of carbonyl (C=O) groups is 2. The Hall–Kier alpha value is -1.06. The SMILES string of the molecule is CC(=O)O[C@@H](C(=O)N(C)C)C(C)C. The van der Waals surface area contributed by atoms with Crippen LogP contribution in [0, 0.1) is 5.92 Å². The Bertz CT molecular complexity index is 199. The number of nitrogens with zero attached hydrogens (tertiary/aromatic N) is 1. The number of carbonyl (C=O) groups excluding carboxylic acids is 2. The van der Waals surface area contributed by atoms with Gasteiger partial charge in [0.2, 0.25) is 0 Å². The van der Waals surface area contributed by atoms with Crippen LogP contribution in [0.1, 0.15) is 20.8 Å². The van der Waals surface area contributed by atoms with Crippen molar-refractivity contribution in [3.63, 3.8) is 0 Å². The lowest BCUT2D eigenvalue weighted by atomic mass is 10.1. The molecule has 4 nitrogen and oxygen atoms in total. The Balaban J connectivity index is 4.42. The van der Waals surface area contributed by atoms with Crippen LogP contribution in [0.15, 0.2) is 0 Å². The van der Waals surface area contributed by atoms with Crippen molar-refractivity contribution >= 4 is 11.9 Å². The lowest BCUT2D eigenvalue weighted by Gasteiger charge is -2.22. The molecule has 0 aliphatic heterocycles. The van der Waals surface area contributed by atoms with Gasteiger partial charge in [0.15, 0.2) is 6.10 Å². The molecule has 0 saturated carbocycles. The first-order valence-corrected chi connectivity index (χ1v) is 4.24. The summed E-state index contributed by atoms with van der Waals surface area (Å²) in [6.07, 6.45) is -0.660. The Morgan fingerprint density at radius 3 is 1.92 bits per heavy atom. The van der Waals surface area contributed by atoms with Gasteiger partial charge in [-0.05, 0) is 5.92 Å². The third-order valence-corrected chi connectivity index (χ3v) is 1.58. The first-order valence-electron chi connectivity index (χ1n) is 4.24. The average molecular weight is 187 g/mol.